The first-order valence-electron chi connectivity index (χ1n) is 4.81. The van der Waals surface area contributed by atoms with Crippen LogP contribution in [0.2, 0.25) is 0 Å². The maximum atomic E-state index is 5.63. The quantitative estimate of drug-likeness (QED) is 0.478. The fourth-order valence-corrected chi connectivity index (χ4v) is 2.98. The highest BCUT2D eigenvalue weighted by atomic mass is 35.5. The van der Waals surface area contributed by atoms with Gasteiger partial charge in [-0.3, -0.25) is 0 Å². The predicted octanol–water partition coefficient (Wildman–Crippen LogP) is 2.66. The minimum Gasteiger partial charge on any atom is -0.303 e. The first kappa shape index (κ1) is 11.9. The fourth-order valence-electron chi connectivity index (χ4n) is 1.18. The molecule has 0 saturated carbocycles. The third-order valence-electron chi connectivity index (χ3n) is 1.97. The topological polar surface area (TPSA) is 43.6 Å². The lowest BCUT2D eigenvalue weighted by Gasteiger charge is -2.00. The van der Waals surface area contributed by atoms with Gasteiger partial charge in [0.25, 0.3) is 0 Å². The molecule has 0 amide bonds. The van der Waals surface area contributed by atoms with Crippen molar-refractivity contribution in [2.45, 2.75) is 11.6 Å². The standard InChI is InChI=1S/C9H11ClN4S2/c1-14-7(8-11-4-6-15-8)12-13-9(14)16-5-2-3-10/h4,6H,2-3,5H2,1H3. The Morgan fingerprint density at radius 1 is 1.50 bits per heavy atom. The van der Waals surface area contributed by atoms with E-state index in [0.29, 0.717) is 5.88 Å². The summed E-state index contributed by atoms with van der Waals surface area (Å²) in [5, 5.41) is 12.0. The predicted molar refractivity (Wildman–Crippen MR) is 68.2 cm³/mol. The van der Waals surface area contributed by atoms with E-state index in [0.717, 1.165) is 28.2 Å². The molecule has 0 aliphatic heterocycles. The maximum Gasteiger partial charge on any atom is 0.193 e. The molecule has 0 radical (unpaired) electrons. The van der Waals surface area contributed by atoms with E-state index >= 15 is 0 Å². The molecule has 2 aromatic heterocycles. The van der Waals surface area contributed by atoms with Crippen molar-refractivity contribution in [3.8, 4) is 10.8 Å². The number of nitrogens with zero attached hydrogens (tertiary/aromatic N) is 4. The van der Waals surface area contributed by atoms with Crippen LogP contribution in [0.1, 0.15) is 6.42 Å². The Balaban J connectivity index is 2.12. The van der Waals surface area contributed by atoms with Gasteiger partial charge in [-0.2, -0.15) is 0 Å². The largest absolute Gasteiger partial charge is 0.303 e. The molecule has 86 valence electrons. The molecule has 4 nitrogen and oxygen atoms in total. The first-order valence-corrected chi connectivity index (χ1v) is 7.21. The highest BCUT2D eigenvalue weighted by molar-refractivity contribution is 7.99. The van der Waals surface area contributed by atoms with Gasteiger partial charge in [-0.1, -0.05) is 11.8 Å². The van der Waals surface area contributed by atoms with Crippen LogP contribution in [0.4, 0.5) is 0 Å². The molecule has 16 heavy (non-hydrogen) atoms. The minimum absolute atomic E-state index is 0.685. The Kier molecular flexibility index (Phi) is 4.20. The summed E-state index contributed by atoms with van der Waals surface area (Å²) >= 11 is 8.87. The zero-order valence-corrected chi connectivity index (χ0v) is 11.1. The van der Waals surface area contributed by atoms with E-state index in [1.165, 1.54) is 0 Å². The van der Waals surface area contributed by atoms with Gasteiger partial charge in [0.05, 0.1) is 0 Å². The Morgan fingerprint density at radius 3 is 3.06 bits per heavy atom. The number of hydrogen-bond donors (Lipinski definition) is 0. The lowest BCUT2D eigenvalue weighted by atomic mass is 10.6. The van der Waals surface area contributed by atoms with E-state index in [1.807, 2.05) is 17.0 Å². The second-order valence-corrected chi connectivity index (χ2v) is 5.43. The van der Waals surface area contributed by atoms with E-state index in [1.54, 1.807) is 29.3 Å². The molecular formula is C9H11ClN4S2. The second-order valence-electron chi connectivity index (χ2n) is 3.09. The molecule has 2 aromatic rings. The van der Waals surface area contributed by atoms with Crippen LogP contribution in [-0.4, -0.2) is 31.4 Å². The molecule has 0 N–H and O–H groups in total. The summed E-state index contributed by atoms with van der Waals surface area (Å²) < 4.78 is 1.97. The monoisotopic (exact) mass is 274 g/mol. The third-order valence-corrected chi connectivity index (χ3v) is 4.11. The molecule has 0 atom stereocenters. The Morgan fingerprint density at radius 2 is 2.38 bits per heavy atom. The van der Waals surface area contributed by atoms with Crippen LogP contribution in [0.3, 0.4) is 0 Å². The number of thiazole rings is 1. The van der Waals surface area contributed by atoms with E-state index in [2.05, 4.69) is 15.2 Å². The highest BCUT2D eigenvalue weighted by Crippen LogP contribution is 2.24. The van der Waals surface area contributed by atoms with Gasteiger partial charge in [0.2, 0.25) is 0 Å². The van der Waals surface area contributed by atoms with Crippen molar-refractivity contribution in [1.29, 1.82) is 0 Å². The van der Waals surface area contributed by atoms with Crippen LogP contribution in [-0.2, 0) is 7.05 Å². The number of thioether (sulfide) groups is 1. The van der Waals surface area contributed by atoms with Crippen molar-refractivity contribution in [3.05, 3.63) is 11.6 Å². The van der Waals surface area contributed by atoms with E-state index in [-0.39, 0.29) is 0 Å². The lowest BCUT2D eigenvalue weighted by molar-refractivity contribution is 0.792. The van der Waals surface area contributed by atoms with Crippen molar-refractivity contribution in [2.24, 2.45) is 7.05 Å². The number of alkyl halides is 1. The van der Waals surface area contributed by atoms with Crippen molar-refractivity contribution in [1.82, 2.24) is 19.7 Å². The van der Waals surface area contributed by atoms with E-state index in [9.17, 15) is 0 Å². The fraction of sp³-hybridized carbons (Fsp3) is 0.444. The second kappa shape index (κ2) is 5.65. The number of halogens is 1. The summed E-state index contributed by atoms with van der Waals surface area (Å²) in [6, 6.07) is 0. The van der Waals surface area contributed by atoms with E-state index in [4.69, 9.17) is 11.6 Å². The Labute approximate surface area is 107 Å². The number of aromatic nitrogens is 4. The van der Waals surface area contributed by atoms with Crippen molar-refractivity contribution >= 4 is 34.7 Å². The smallest absolute Gasteiger partial charge is 0.193 e. The first-order chi connectivity index (χ1) is 7.83. The lowest BCUT2D eigenvalue weighted by Crippen LogP contribution is -1.95. The van der Waals surface area contributed by atoms with Gasteiger partial charge in [0.1, 0.15) is 0 Å². The van der Waals surface area contributed by atoms with Crippen molar-refractivity contribution in [2.75, 3.05) is 11.6 Å². The molecule has 0 saturated heterocycles. The van der Waals surface area contributed by atoms with Gasteiger partial charge in [-0.25, -0.2) is 4.98 Å². The average molecular weight is 275 g/mol. The number of hydrogen-bond acceptors (Lipinski definition) is 5. The molecule has 2 heterocycles. The Hall–Kier alpha value is -0.590. The van der Waals surface area contributed by atoms with Gasteiger partial charge >= 0.3 is 0 Å². The maximum absolute atomic E-state index is 5.63. The molecule has 2 rings (SSSR count). The van der Waals surface area contributed by atoms with Gasteiger partial charge < -0.3 is 4.57 Å². The molecule has 0 fully saturated rings. The Bertz CT molecular complexity index is 440. The average Bonchev–Trinajstić information content (AvgIpc) is 2.89. The minimum atomic E-state index is 0.685. The zero-order chi connectivity index (χ0) is 11.4. The SMILES string of the molecule is Cn1c(SCCCCl)nnc1-c1nccs1. The summed E-state index contributed by atoms with van der Waals surface area (Å²) in [5.74, 6) is 2.47. The molecule has 0 aliphatic carbocycles. The summed E-state index contributed by atoms with van der Waals surface area (Å²) in [5.41, 5.74) is 0. The number of rotatable bonds is 5. The summed E-state index contributed by atoms with van der Waals surface area (Å²) in [4.78, 5) is 4.22. The molecule has 0 bridgehead atoms. The van der Waals surface area contributed by atoms with Crippen LogP contribution in [0.25, 0.3) is 10.8 Å². The summed E-state index contributed by atoms with van der Waals surface area (Å²) in [7, 11) is 1.96. The summed E-state index contributed by atoms with van der Waals surface area (Å²) in [6.07, 6.45) is 2.75. The van der Waals surface area contributed by atoms with E-state index < -0.39 is 0 Å². The van der Waals surface area contributed by atoms with Gasteiger partial charge in [-0.15, -0.1) is 33.1 Å². The van der Waals surface area contributed by atoms with Crippen LogP contribution < -0.4 is 0 Å². The third kappa shape index (κ3) is 2.56. The molecule has 0 aliphatic rings. The van der Waals surface area contributed by atoms with Gasteiger partial charge in [-0.05, 0) is 6.42 Å². The zero-order valence-electron chi connectivity index (χ0n) is 8.76. The van der Waals surface area contributed by atoms with Crippen LogP contribution in [0, 0.1) is 0 Å². The van der Waals surface area contributed by atoms with Gasteiger partial charge in [0.15, 0.2) is 16.0 Å². The molecule has 0 unspecified atom stereocenters. The van der Waals surface area contributed by atoms with Crippen molar-refractivity contribution in [3.63, 3.8) is 0 Å². The van der Waals surface area contributed by atoms with Crippen LogP contribution in [0.15, 0.2) is 16.7 Å². The molecular weight excluding hydrogens is 264 g/mol. The summed E-state index contributed by atoms with van der Waals surface area (Å²) in [6.45, 7) is 0. The van der Waals surface area contributed by atoms with Crippen LogP contribution >= 0.6 is 34.7 Å². The molecule has 0 aromatic carbocycles. The van der Waals surface area contributed by atoms with Crippen LogP contribution in [0.5, 0.6) is 0 Å². The highest BCUT2D eigenvalue weighted by Gasteiger charge is 2.12. The molecule has 7 heteroatoms. The van der Waals surface area contributed by atoms with Crippen molar-refractivity contribution < 1.29 is 0 Å². The molecule has 0 spiro atoms. The normalized spacial score (nSPS) is 10.9. The van der Waals surface area contributed by atoms with Gasteiger partial charge in [0, 0.05) is 30.3 Å².